The molecule has 6 nitrogen and oxygen atoms in total. The molecule has 2 heterocycles. The van der Waals surface area contributed by atoms with Crippen LogP contribution in [0.4, 0.5) is 0 Å². The molecule has 2 atom stereocenters. The number of rotatable bonds is 9. The minimum absolute atomic E-state index is 0.00318. The van der Waals surface area contributed by atoms with Crippen LogP contribution in [0.3, 0.4) is 0 Å². The Kier molecular flexibility index (Phi) is 10.2. The highest BCUT2D eigenvalue weighted by Gasteiger charge is 2.54. The lowest BCUT2D eigenvalue weighted by Crippen LogP contribution is -2.48. The zero-order valence-corrected chi connectivity index (χ0v) is 28.9. The van der Waals surface area contributed by atoms with E-state index in [0.29, 0.717) is 25.0 Å². The molecule has 42 heavy (non-hydrogen) atoms. The summed E-state index contributed by atoms with van der Waals surface area (Å²) in [6.45, 7) is 18.7. The maximum atomic E-state index is 13.0. The Labute approximate surface area is 258 Å². The van der Waals surface area contributed by atoms with Crippen molar-refractivity contribution in [2.45, 2.75) is 155 Å². The predicted molar refractivity (Wildman–Crippen MR) is 170 cm³/mol. The van der Waals surface area contributed by atoms with Crippen LogP contribution in [0.1, 0.15) is 132 Å². The third-order valence-electron chi connectivity index (χ3n) is 13.2. The molecule has 2 aliphatic carbocycles. The molecule has 2 saturated carbocycles. The summed E-state index contributed by atoms with van der Waals surface area (Å²) in [5, 5.41) is 0. The predicted octanol–water partition coefficient (Wildman–Crippen LogP) is 7.48. The summed E-state index contributed by atoms with van der Waals surface area (Å²) in [5.41, 5.74) is -0.272. The molecule has 2 saturated heterocycles. The number of ether oxygens (including phenoxy) is 2. The first kappa shape index (κ1) is 33.7. The minimum atomic E-state index is -0.163. The fourth-order valence-electron chi connectivity index (χ4n) is 9.29. The molecular weight excluding hydrogens is 524 g/mol. The lowest BCUT2D eigenvalue weighted by Gasteiger charge is -2.38. The van der Waals surface area contributed by atoms with Crippen LogP contribution in [0.15, 0.2) is 0 Å². The first-order chi connectivity index (χ1) is 19.5. The van der Waals surface area contributed by atoms with Crippen molar-refractivity contribution >= 4 is 11.9 Å². The standard InChI is InChI=1S/C36H64N2O4/c1-33(2)23-29(35(5,6)37(33)9)31(39)41-21-19-25-11-15-27(16-12-25)28-17-13-26(14-18-28)20-22-42-32(40)30-24-34(3,4)38(10)36(30,7)8/h25-30H,11-24H2,1-10H3. The number of carbonyl (C=O) groups excluding carboxylic acids is 2. The molecule has 0 radical (unpaired) electrons. The van der Waals surface area contributed by atoms with Gasteiger partial charge in [0.1, 0.15) is 0 Å². The number of hydrogen-bond donors (Lipinski definition) is 0. The smallest absolute Gasteiger partial charge is 0.310 e. The fraction of sp³-hybridized carbons (Fsp3) is 0.944. The molecule has 0 spiro atoms. The molecule has 0 aromatic heterocycles. The van der Waals surface area contributed by atoms with E-state index in [-0.39, 0.29) is 45.9 Å². The van der Waals surface area contributed by atoms with Crippen molar-refractivity contribution in [3.05, 3.63) is 0 Å². The molecule has 2 aliphatic heterocycles. The van der Waals surface area contributed by atoms with Crippen molar-refractivity contribution in [2.75, 3.05) is 27.3 Å². The first-order valence-electron chi connectivity index (χ1n) is 17.3. The average Bonchev–Trinajstić information content (AvgIpc) is 3.21. The van der Waals surface area contributed by atoms with Gasteiger partial charge in [-0.15, -0.1) is 0 Å². The Bertz CT molecular complexity index is 864. The fourth-order valence-corrected chi connectivity index (χ4v) is 9.29. The van der Waals surface area contributed by atoms with Crippen molar-refractivity contribution in [2.24, 2.45) is 35.5 Å². The second kappa shape index (κ2) is 12.7. The molecule has 4 aliphatic rings. The summed E-state index contributed by atoms with van der Waals surface area (Å²) < 4.78 is 11.7. The zero-order chi connectivity index (χ0) is 31.1. The van der Waals surface area contributed by atoms with Crippen LogP contribution in [-0.2, 0) is 19.1 Å². The van der Waals surface area contributed by atoms with Crippen molar-refractivity contribution < 1.29 is 19.1 Å². The van der Waals surface area contributed by atoms with Crippen molar-refractivity contribution in [1.29, 1.82) is 0 Å². The third kappa shape index (κ3) is 7.05. The van der Waals surface area contributed by atoms with E-state index in [2.05, 4.69) is 79.3 Å². The first-order valence-corrected chi connectivity index (χ1v) is 17.3. The molecule has 2 unspecified atom stereocenters. The van der Waals surface area contributed by atoms with Crippen LogP contribution >= 0.6 is 0 Å². The monoisotopic (exact) mass is 588 g/mol. The van der Waals surface area contributed by atoms with Crippen LogP contribution in [0.5, 0.6) is 0 Å². The Morgan fingerprint density at radius 1 is 0.571 bits per heavy atom. The largest absolute Gasteiger partial charge is 0.465 e. The lowest BCUT2D eigenvalue weighted by molar-refractivity contribution is -0.152. The molecule has 0 amide bonds. The Morgan fingerprint density at radius 2 is 0.881 bits per heavy atom. The molecular formula is C36H64N2O4. The Morgan fingerprint density at radius 3 is 1.14 bits per heavy atom. The summed E-state index contributed by atoms with van der Waals surface area (Å²) in [7, 11) is 4.26. The Hall–Kier alpha value is -1.14. The van der Waals surface area contributed by atoms with Gasteiger partial charge in [-0.2, -0.15) is 0 Å². The molecule has 0 bridgehead atoms. The van der Waals surface area contributed by atoms with Gasteiger partial charge in [-0.05, 0) is 145 Å². The van der Waals surface area contributed by atoms with Gasteiger partial charge in [0.15, 0.2) is 0 Å². The number of nitrogens with zero attached hydrogens (tertiary/aromatic N) is 2. The summed E-state index contributed by atoms with van der Waals surface area (Å²) >= 11 is 0. The molecule has 6 heteroatoms. The van der Waals surface area contributed by atoms with Gasteiger partial charge < -0.3 is 9.47 Å². The zero-order valence-electron chi connectivity index (χ0n) is 28.9. The van der Waals surface area contributed by atoms with Gasteiger partial charge in [0.25, 0.3) is 0 Å². The number of hydrogen-bond acceptors (Lipinski definition) is 6. The number of likely N-dealkylation sites (tertiary alicyclic amines) is 2. The minimum Gasteiger partial charge on any atom is -0.465 e. The van der Waals surface area contributed by atoms with Crippen LogP contribution in [0, 0.1) is 35.5 Å². The van der Waals surface area contributed by atoms with Crippen LogP contribution < -0.4 is 0 Å². The van der Waals surface area contributed by atoms with Gasteiger partial charge in [0.05, 0.1) is 25.0 Å². The molecule has 0 N–H and O–H groups in total. The van der Waals surface area contributed by atoms with Gasteiger partial charge in [0.2, 0.25) is 0 Å². The summed E-state index contributed by atoms with van der Waals surface area (Å²) in [4.78, 5) is 30.6. The van der Waals surface area contributed by atoms with Gasteiger partial charge in [-0.25, -0.2) is 0 Å². The van der Waals surface area contributed by atoms with E-state index in [4.69, 9.17) is 9.47 Å². The molecule has 242 valence electrons. The second-order valence-electron chi connectivity index (χ2n) is 17.0. The summed E-state index contributed by atoms with van der Waals surface area (Å²) in [6.07, 6.45) is 14.2. The molecule has 0 aromatic carbocycles. The van der Waals surface area contributed by atoms with Crippen LogP contribution in [-0.4, -0.2) is 71.2 Å². The molecule has 0 aromatic rings. The molecule has 4 fully saturated rings. The van der Waals surface area contributed by atoms with E-state index in [0.717, 1.165) is 37.5 Å². The van der Waals surface area contributed by atoms with E-state index in [1.165, 1.54) is 51.4 Å². The maximum absolute atomic E-state index is 13.0. The number of carbonyl (C=O) groups is 2. The maximum Gasteiger partial charge on any atom is 0.310 e. The topological polar surface area (TPSA) is 59.1 Å². The van der Waals surface area contributed by atoms with Crippen molar-refractivity contribution in [3.8, 4) is 0 Å². The highest BCUT2D eigenvalue weighted by molar-refractivity contribution is 5.75. The highest BCUT2D eigenvalue weighted by Crippen LogP contribution is 2.46. The van der Waals surface area contributed by atoms with E-state index in [9.17, 15) is 9.59 Å². The van der Waals surface area contributed by atoms with E-state index >= 15 is 0 Å². The van der Waals surface area contributed by atoms with Gasteiger partial charge in [0, 0.05) is 22.2 Å². The third-order valence-corrected chi connectivity index (χ3v) is 13.2. The van der Waals surface area contributed by atoms with Gasteiger partial charge >= 0.3 is 11.9 Å². The van der Waals surface area contributed by atoms with Gasteiger partial charge in [-0.3, -0.25) is 19.4 Å². The molecule has 4 rings (SSSR count). The highest BCUT2D eigenvalue weighted by atomic mass is 16.5. The Balaban J connectivity index is 1.09. The SMILES string of the molecule is CN1C(C)(C)CC(C(=O)OCCC2CCC(C3CCC(CCOC(=O)C4CC(C)(C)N(C)C4(C)C)CC3)CC2)C1(C)C. The second-order valence-corrected chi connectivity index (χ2v) is 17.0. The van der Waals surface area contributed by atoms with Crippen LogP contribution in [0.2, 0.25) is 0 Å². The number of esters is 2. The summed E-state index contributed by atoms with van der Waals surface area (Å²) in [5.74, 6) is 3.02. The van der Waals surface area contributed by atoms with Crippen molar-refractivity contribution in [3.63, 3.8) is 0 Å². The van der Waals surface area contributed by atoms with Crippen LogP contribution in [0.25, 0.3) is 0 Å². The summed E-state index contributed by atoms with van der Waals surface area (Å²) in [6, 6.07) is 0. The van der Waals surface area contributed by atoms with E-state index in [1.54, 1.807) is 0 Å². The van der Waals surface area contributed by atoms with E-state index in [1.807, 2.05) is 0 Å². The quantitative estimate of drug-likeness (QED) is 0.260. The normalized spacial score (nSPS) is 36.0. The van der Waals surface area contributed by atoms with Crippen molar-refractivity contribution in [1.82, 2.24) is 9.80 Å². The van der Waals surface area contributed by atoms with Gasteiger partial charge in [-0.1, -0.05) is 25.7 Å². The average molecular weight is 589 g/mol. The van der Waals surface area contributed by atoms with E-state index < -0.39 is 0 Å². The lowest BCUT2D eigenvalue weighted by atomic mass is 9.68.